The van der Waals surface area contributed by atoms with Crippen LogP contribution < -0.4 is 5.32 Å². The number of carbonyl (C=O) groups excluding carboxylic acids is 2. The summed E-state index contributed by atoms with van der Waals surface area (Å²) in [6.07, 6.45) is 3.99. The largest absolute Gasteiger partial charge is 0.353 e. The molecule has 0 bridgehead atoms. The van der Waals surface area contributed by atoms with E-state index in [0.29, 0.717) is 18.2 Å². The molecule has 2 fully saturated rings. The molecule has 0 spiro atoms. The molecule has 0 radical (unpaired) electrons. The second-order valence-corrected chi connectivity index (χ2v) is 6.24. The number of carbonyl (C=O) groups is 2. The van der Waals surface area contributed by atoms with Crippen LogP contribution in [-0.2, 0) is 4.79 Å². The summed E-state index contributed by atoms with van der Waals surface area (Å²) in [5.74, 6) is 0.117. The Morgan fingerprint density at radius 3 is 2.52 bits per heavy atom. The van der Waals surface area contributed by atoms with Crippen molar-refractivity contribution in [1.82, 2.24) is 10.2 Å². The zero-order valence-electron chi connectivity index (χ0n) is 12.5. The predicted octanol–water partition coefficient (Wildman–Crippen LogP) is 2.13. The average Bonchev–Trinajstić information content (AvgIpc) is 3.31. The fraction of sp³-hybridized carbons (Fsp3) is 0.529. The molecule has 3 rings (SSSR count). The van der Waals surface area contributed by atoms with Crippen molar-refractivity contribution in [3.8, 4) is 0 Å². The number of hydrogen-bond donors (Lipinski definition) is 1. The molecule has 0 unspecified atom stereocenters. The normalized spacial score (nSPS) is 22.0. The van der Waals surface area contributed by atoms with Gasteiger partial charge < -0.3 is 10.2 Å². The number of aryl methyl sites for hydroxylation is 1. The van der Waals surface area contributed by atoms with E-state index in [-0.39, 0.29) is 17.7 Å². The number of amides is 2. The van der Waals surface area contributed by atoms with Gasteiger partial charge >= 0.3 is 0 Å². The molecular formula is C17H22N2O2. The van der Waals surface area contributed by atoms with Crippen molar-refractivity contribution in [2.45, 2.75) is 38.6 Å². The first-order chi connectivity index (χ1) is 10.1. The van der Waals surface area contributed by atoms with E-state index in [9.17, 15) is 9.59 Å². The van der Waals surface area contributed by atoms with E-state index in [1.807, 2.05) is 36.1 Å². The third kappa shape index (κ3) is 3.43. The zero-order valence-corrected chi connectivity index (χ0v) is 12.5. The van der Waals surface area contributed by atoms with Crippen molar-refractivity contribution in [3.05, 3.63) is 35.4 Å². The number of nitrogens with one attached hydrogen (secondary N) is 1. The van der Waals surface area contributed by atoms with E-state index >= 15 is 0 Å². The van der Waals surface area contributed by atoms with Gasteiger partial charge in [-0.15, -0.1) is 0 Å². The summed E-state index contributed by atoms with van der Waals surface area (Å²) in [5.41, 5.74) is 1.86. The zero-order chi connectivity index (χ0) is 14.8. The molecule has 1 heterocycles. The molecule has 1 aromatic rings. The monoisotopic (exact) mass is 286 g/mol. The molecule has 1 atom stereocenters. The van der Waals surface area contributed by atoms with E-state index in [0.717, 1.165) is 37.8 Å². The SMILES string of the molecule is Cc1ccc(C(=O)N2CCC[C@@H](C(=O)NC3CC3)C2)cc1. The number of rotatable bonds is 3. The van der Waals surface area contributed by atoms with Gasteiger partial charge in [-0.2, -0.15) is 0 Å². The fourth-order valence-corrected chi connectivity index (χ4v) is 2.80. The molecule has 21 heavy (non-hydrogen) atoms. The lowest BCUT2D eigenvalue weighted by atomic mass is 9.96. The van der Waals surface area contributed by atoms with E-state index < -0.39 is 0 Å². The van der Waals surface area contributed by atoms with Crippen LogP contribution in [0.1, 0.15) is 41.6 Å². The Labute approximate surface area is 125 Å². The van der Waals surface area contributed by atoms with Gasteiger partial charge in [0, 0.05) is 24.7 Å². The summed E-state index contributed by atoms with van der Waals surface area (Å²) in [6.45, 7) is 3.30. The molecule has 1 saturated carbocycles. The highest BCUT2D eigenvalue weighted by atomic mass is 16.2. The van der Waals surface area contributed by atoms with Gasteiger partial charge in [0.05, 0.1) is 5.92 Å². The smallest absolute Gasteiger partial charge is 0.253 e. The minimum atomic E-state index is -0.0475. The summed E-state index contributed by atoms with van der Waals surface area (Å²) in [7, 11) is 0. The van der Waals surface area contributed by atoms with Crippen molar-refractivity contribution < 1.29 is 9.59 Å². The van der Waals surface area contributed by atoms with Crippen LogP contribution in [0.4, 0.5) is 0 Å². The maximum atomic E-state index is 12.5. The quantitative estimate of drug-likeness (QED) is 0.925. The van der Waals surface area contributed by atoms with Crippen LogP contribution in [0.5, 0.6) is 0 Å². The topological polar surface area (TPSA) is 49.4 Å². The van der Waals surface area contributed by atoms with Gasteiger partial charge in [-0.1, -0.05) is 17.7 Å². The Kier molecular flexibility index (Phi) is 3.95. The highest BCUT2D eigenvalue weighted by Crippen LogP contribution is 2.23. The van der Waals surface area contributed by atoms with Crippen LogP contribution in [0.15, 0.2) is 24.3 Å². The van der Waals surface area contributed by atoms with Crippen LogP contribution in [0.2, 0.25) is 0 Å². The van der Waals surface area contributed by atoms with Gasteiger partial charge in [0.2, 0.25) is 5.91 Å². The summed E-state index contributed by atoms with van der Waals surface area (Å²) < 4.78 is 0. The molecule has 2 aliphatic rings. The van der Waals surface area contributed by atoms with Gasteiger partial charge in [-0.3, -0.25) is 9.59 Å². The van der Waals surface area contributed by atoms with Crippen LogP contribution in [0, 0.1) is 12.8 Å². The van der Waals surface area contributed by atoms with Gasteiger partial charge in [0.15, 0.2) is 0 Å². The number of piperidine rings is 1. The van der Waals surface area contributed by atoms with Crippen molar-refractivity contribution in [1.29, 1.82) is 0 Å². The molecule has 1 aliphatic carbocycles. The molecule has 1 N–H and O–H groups in total. The second-order valence-electron chi connectivity index (χ2n) is 6.24. The first kappa shape index (κ1) is 14.1. The maximum absolute atomic E-state index is 12.5. The minimum absolute atomic E-state index is 0.0407. The third-order valence-corrected chi connectivity index (χ3v) is 4.30. The van der Waals surface area contributed by atoms with Crippen LogP contribution in [0.25, 0.3) is 0 Å². The Hall–Kier alpha value is -1.84. The van der Waals surface area contributed by atoms with E-state index in [1.54, 1.807) is 0 Å². The van der Waals surface area contributed by atoms with Gasteiger partial charge in [0.1, 0.15) is 0 Å². The number of hydrogen-bond acceptors (Lipinski definition) is 2. The van der Waals surface area contributed by atoms with Gasteiger partial charge in [0.25, 0.3) is 5.91 Å². The third-order valence-electron chi connectivity index (χ3n) is 4.30. The molecule has 1 aliphatic heterocycles. The predicted molar refractivity (Wildman–Crippen MR) is 81.0 cm³/mol. The van der Waals surface area contributed by atoms with E-state index in [1.165, 1.54) is 0 Å². The first-order valence-electron chi connectivity index (χ1n) is 7.80. The van der Waals surface area contributed by atoms with E-state index in [2.05, 4.69) is 5.32 Å². The lowest BCUT2D eigenvalue weighted by molar-refractivity contribution is -0.126. The van der Waals surface area contributed by atoms with Gasteiger partial charge in [-0.25, -0.2) is 0 Å². The highest BCUT2D eigenvalue weighted by molar-refractivity contribution is 5.94. The summed E-state index contributed by atoms with van der Waals surface area (Å²) in [6, 6.07) is 8.03. The number of nitrogens with zero attached hydrogens (tertiary/aromatic N) is 1. The molecule has 4 heteroatoms. The Morgan fingerprint density at radius 2 is 1.86 bits per heavy atom. The molecule has 1 saturated heterocycles. The molecular weight excluding hydrogens is 264 g/mol. The lowest BCUT2D eigenvalue weighted by Crippen LogP contribution is -2.45. The summed E-state index contributed by atoms with van der Waals surface area (Å²) >= 11 is 0. The molecule has 112 valence electrons. The van der Waals surface area contributed by atoms with Crippen molar-refractivity contribution in [2.24, 2.45) is 5.92 Å². The van der Waals surface area contributed by atoms with E-state index in [4.69, 9.17) is 0 Å². The Bertz CT molecular complexity index is 534. The molecule has 2 amide bonds. The molecule has 0 aromatic heterocycles. The Balaban J connectivity index is 1.63. The van der Waals surface area contributed by atoms with Crippen molar-refractivity contribution in [3.63, 3.8) is 0 Å². The highest BCUT2D eigenvalue weighted by Gasteiger charge is 2.32. The summed E-state index contributed by atoms with van der Waals surface area (Å²) in [5, 5.41) is 3.05. The molecule has 1 aromatic carbocycles. The fourth-order valence-electron chi connectivity index (χ4n) is 2.80. The number of likely N-dealkylation sites (tertiary alicyclic amines) is 1. The summed E-state index contributed by atoms with van der Waals surface area (Å²) in [4.78, 5) is 26.5. The van der Waals surface area contributed by atoms with Crippen LogP contribution in [0.3, 0.4) is 0 Å². The second kappa shape index (κ2) is 5.88. The van der Waals surface area contributed by atoms with Crippen LogP contribution in [-0.4, -0.2) is 35.8 Å². The standard InChI is InChI=1S/C17H22N2O2/c1-12-4-6-13(7-5-12)17(21)19-10-2-3-14(11-19)16(20)18-15-8-9-15/h4-7,14-15H,2-3,8-11H2,1H3,(H,18,20)/t14-/m1/s1. The minimum Gasteiger partial charge on any atom is -0.353 e. The average molecular weight is 286 g/mol. The van der Waals surface area contributed by atoms with Crippen LogP contribution >= 0.6 is 0 Å². The first-order valence-corrected chi connectivity index (χ1v) is 7.80. The molecule has 4 nitrogen and oxygen atoms in total. The van der Waals surface area contributed by atoms with Gasteiger partial charge in [-0.05, 0) is 44.7 Å². The maximum Gasteiger partial charge on any atom is 0.253 e. The van der Waals surface area contributed by atoms with Crippen molar-refractivity contribution >= 4 is 11.8 Å². The van der Waals surface area contributed by atoms with Crippen molar-refractivity contribution in [2.75, 3.05) is 13.1 Å². The lowest BCUT2D eigenvalue weighted by Gasteiger charge is -2.32. The number of benzene rings is 1. The Morgan fingerprint density at radius 1 is 1.14 bits per heavy atom.